The minimum atomic E-state index is -0.653. The van der Waals surface area contributed by atoms with Gasteiger partial charge in [0.25, 0.3) is 5.89 Å². The molecule has 2 aromatic rings. The highest BCUT2D eigenvalue weighted by Crippen LogP contribution is 2.37. The number of nitrogens with zero attached hydrogens (tertiary/aromatic N) is 2. The molecule has 0 fully saturated rings. The number of ether oxygens (including phenoxy) is 3. The van der Waals surface area contributed by atoms with Gasteiger partial charge in [0.2, 0.25) is 5.89 Å². The first-order valence-corrected chi connectivity index (χ1v) is 7.76. The molecule has 0 spiro atoms. The second-order valence-electron chi connectivity index (χ2n) is 4.63. The number of aromatic nitrogens is 2. The Bertz CT molecular complexity index is 701. The molecule has 0 saturated carbocycles. The van der Waals surface area contributed by atoms with Gasteiger partial charge in [-0.2, -0.15) is 0 Å². The summed E-state index contributed by atoms with van der Waals surface area (Å²) in [6.07, 6.45) is -0.653. The Morgan fingerprint density at radius 2 is 2.13 bits per heavy atom. The van der Waals surface area contributed by atoms with Gasteiger partial charge in [0, 0.05) is 6.92 Å². The van der Waals surface area contributed by atoms with Crippen LogP contribution in [0, 0.1) is 6.92 Å². The largest absolute Gasteiger partial charge is 0.493 e. The van der Waals surface area contributed by atoms with Gasteiger partial charge in [0.15, 0.2) is 17.6 Å². The molecular formula is C15H17BrN2O5. The first-order chi connectivity index (χ1) is 11.0. The van der Waals surface area contributed by atoms with Crippen molar-refractivity contribution in [2.24, 2.45) is 0 Å². The van der Waals surface area contributed by atoms with Crippen molar-refractivity contribution in [3.63, 3.8) is 0 Å². The third kappa shape index (κ3) is 4.01. The lowest BCUT2D eigenvalue weighted by molar-refractivity contribution is 0.0276. The highest BCUT2D eigenvalue weighted by atomic mass is 79.9. The van der Waals surface area contributed by atoms with Crippen molar-refractivity contribution in [1.29, 1.82) is 0 Å². The summed E-state index contributed by atoms with van der Waals surface area (Å²) in [4.78, 5) is 12.3. The molecule has 0 saturated heterocycles. The molecular weight excluding hydrogens is 368 g/mol. The second-order valence-corrected chi connectivity index (χ2v) is 5.48. The van der Waals surface area contributed by atoms with Crippen LogP contribution in [0.2, 0.25) is 0 Å². The predicted molar refractivity (Wildman–Crippen MR) is 84.7 cm³/mol. The lowest BCUT2D eigenvalue weighted by Crippen LogP contribution is -2.10. The quantitative estimate of drug-likeness (QED) is 0.704. The zero-order chi connectivity index (χ0) is 17.0. The molecule has 1 aromatic heterocycles. The van der Waals surface area contributed by atoms with Crippen molar-refractivity contribution >= 4 is 21.9 Å². The van der Waals surface area contributed by atoms with E-state index in [2.05, 4.69) is 26.1 Å². The Balaban J connectivity index is 2.20. The fraction of sp³-hybridized carbons (Fsp3) is 0.400. The number of methoxy groups -OCH3 is 1. The summed E-state index contributed by atoms with van der Waals surface area (Å²) in [7, 11) is 1.50. The molecule has 0 aliphatic heterocycles. The summed E-state index contributed by atoms with van der Waals surface area (Å²) in [5, 5.41) is 7.54. The SMILES string of the molecule is CCOc1c(Br)cc(C(=O)OC(C)c2nnc(C)o2)cc1OC. The van der Waals surface area contributed by atoms with Gasteiger partial charge in [-0.15, -0.1) is 10.2 Å². The van der Waals surface area contributed by atoms with E-state index in [1.807, 2.05) is 6.92 Å². The maximum absolute atomic E-state index is 12.3. The predicted octanol–water partition coefficient (Wildman–Crippen LogP) is 3.47. The topological polar surface area (TPSA) is 83.7 Å². The standard InChI is InChI=1S/C15H17BrN2O5/c1-5-21-13-11(16)6-10(7-12(13)20-4)15(19)22-8(2)14-18-17-9(3)23-14/h6-8H,5H2,1-4H3. The molecule has 0 aliphatic carbocycles. The molecule has 0 bridgehead atoms. The zero-order valence-electron chi connectivity index (χ0n) is 13.3. The van der Waals surface area contributed by atoms with Gasteiger partial charge in [-0.3, -0.25) is 0 Å². The van der Waals surface area contributed by atoms with Crippen LogP contribution in [-0.4, -0.2) is 29.9 Å². The van der Waals surface area contributed by atoms with Crippen molar-refractivity contribution in [2.75, 3.05) is 13.7 Å². The molecule has 0 radical (unpaired) electrons. The highest BCUT2D eigenvalue weighted by Gasteiger charge is 2.21. The average molecular weight is 385 g/mol. The van der Waals surface area contributed by atoms with Crippen molar-refractivity contribution in [3.8, 4) is 11.5 Å². The van der Waals surface area contributed by atoms with Gasteiger partial charge in [-0.25, -0.2) is 4.79 Å². The third-order valence-electron chi connectivity index (χ3n) is 2.93. The normalized spacial score (nSPS) is 11.9. The smallest absolute Gasteiger partial charge is 0.339 e. The van der Waals surface area contributed by atoms with Gasteiger partial charge >= 0.3 is 5.97 Å². The van der Waals surface area contributed by atoms with Gasteiger partial charge in [0.1, 0.15) is 0 Å². The molecule has 2 rings (SSSR count). The van der Waals surface area contributed by atoms with Crippen LogP contribution in [0.3, 0.4) is 0 Å². The van der Waals surface area contributed by atoms with E-state index in [0.29, 0.717) is 34.0 Å². The van der Waals surface area contributed by atoms with E-state index in [9.17, 15) is 4.79 Å². The average Bonchev–Trinajstić information content (AvgIpc) is 2.95. The molecule has 0 aliphatic rings. The van der Waals surface area contributed by atoms with E-state index >= 15 is 0 Å². The zero-order valence-corrected chi connectivity index (χ0v) is 14.8. The Labute approximate surface area is 142 Å². The van der Waals surface area contributed by atoms with Gasteiger partial charge in [-0.05, 0) is 41.9 Å². The number of hydrogen-bond donors (Lipinski definition) is 0. The van der Waals surface area contributed by atoms with E-state index in [4.69, 9.17) is 18.6 Å². The number of rotatable bonds is 6. The number of hydrogen-bond acceptors (Lipinski definition) is 7. The maximum Gasteiger partial charge on any atom is 0.339 e. The number of esters is 1. The van der Waals surface area contributed by atoms with Crippen LogP contribution in [0.4, 0.5) is 0 Å². The molecule has 1 unspecified atom stereocenters. The van der Waals surface area contributed by atoms with Crippen molar-refractivity contribution in [2.45, 2.75) is 26.9 Å². The van der Waals surface area contributed by atoms with Crippen LogP contribution in [0.25, 0.3) is 0 Å². The molecule has 1 heterocycles. The van der Waals surface area contributed by atoms with E-state index in [0.717, 1.165) is 0 Å². The fourth-order valence-corrected chi connectivity index (χ4v) is 2.43. The second kappa shape index (κ2) is 7.45. The molecule has 8 heteroatoms. The van der Waals surface area contributed by atoms with Crippen molar-refractivity contribution in [3.05, 3.63) is 34.0 Å². The molecule has 0 N–H and O–H groups in total. The maximum atomic E-state index is 12.3. The van der Waals surface area contributed by atoms with Gasteiger partial charge in [0.05, 0.1) is 23.8 Å². The van der Waals surface area contributed by atoms with E-state index in [1.165, 1.54) is 7.11 Å². The van der Waals surface area contributed by atoms with Crippen LogP contribution < -0.4 is 9.47 Å². The lowest BCUT2D eigenvalue weighted by Gasteiger charge is -2.14. The Morgan fingerprint density at radius 1 is 1.39 bits per heavy atom. The summed E-state index contributed by atoms with van der Waals surface area (Å²) < 4.78 is 21.9. The van der Waals surface area contributed by atoms with Crippen LogP contribution in [-0.2, 0) is 4.74 Å². The monoisotopic (exact) mass is 384 g/mol. The van der Waals surface area contributed by atoms with Crippen LogP contribution in [0.15, 0.2) is 21.0 Å². The molecule has 1 atom stereocenters. The summed E-state index contributed by atoms with van der Waals surface area (Å²) >= 11 is 3.37. The van der Waals surface area contributed by atoms with Crippen LogP contribution in [0.5, 0.6) is 11.5 Å². The summed E-state index contributed by atoms with van der Waals surface area (Å²) in [6, 6.07) is 3.17. The van der Waals surface area contributed by atoms with E-state index in [-0.39, 0.29) is 5.89 Å². The highest BCUT2D eigenvalue weighted by molar-refractivity contribution is 9.10. The lowest BCUT2D eigenvalue weighted by atomic mass is 10.2. The first kappa shape index (κ1) is 17.3. The summed E-state index contributed by atoms with van der Waals surface area (Å²) in [5.74, 6) is 1.10. The summed E-state index contributed by atoms with van der Waals surface area (Å²) in [5.41, 5.74) is 0.320. The number of carbonyl (C=O) groups excluding carboxylic acids is 1. The first-order valence-electron chi connectivity index (χ1n) is 6.97. The molecule has 23 heavy (non-hydrogen) atoms. The number of benzene rings is 1. The minimum absolute atomic E-state index is 0.243. The number of aryl methyl sites for hydroxylation is 1. The molecule has 7 nitrogen and oxygen atoms in total. The number of halogens is 1. The van der Waals surface area contributed by atoms with Gasteiger partial charge < -0.3 is 18.6 Å². The Hall–Kier alpha value is -2.09. The van der Waals surface area contributed by atoms with E-state index in [1.54, 1.807) is 26.0 Å². The Kier molecular flexibility index (Phi) is 5.59. The third-order valence-corrected chi connectivity index (χ3v) is 3.52. The van der Waals surface area contributed by atoms with Crippen molar-refractivity contribution in [1.82, 2.24) is 10.2 Å². The van der Waals surface area contributed by atoms with Gasteiger partial charge in [-0.1, -0.05) is 0 Å². The Morgan fingerprint density at radius 3 is 2.70 bits per heavy atom. The molecule has 1 aromatic carbocycles. The fourth-order valence-electron chi connectivity index (χ4n) is 1.88. The van der Waals surface area contributed by atoms with Crippen molar-refractivity contribution < 1.29 is 23.4 Å². The molecule has 124 valence electrons. The summed E-state index contributed by atoms with van der Waals surface area (Å²) in [6.45, 7) is 5.67. The number of carbonyl (C=O) groups is 1. The molecule has 0 amide bonds. The minimum Gasteiger partial charge on any atom is -0.493 e. The van der Waals surface area contributed by atoms with Crippen LogP contribution >= 0.6 is 15.9 Å². The van der Waals surface area contributed by atoms with Crippen LogP contribution in [0.1, 0.15) is 42.1 Å². The van der Waals surface area contributed by atoms with E-state index < -0.39 is 12.1 Å².